The Kier molecular flexibility index (Phi) is 5.93. The molecule has 0 atom stereocenters. The Balaban J connectivity index is 2.34. The van der Waals surface area contributed by atoms with E-state index in [-0.39, 0.29) is 5.91 Å². The Morgan fingerprint density at radius 1 is 1.39 bits per heavy atom. The van der Waals surface area contributed by atoms with Gasteiger partial charge in [-0.15, -0.1) is 0 Å². The molecule has 0 saturated heterocycles. The Morgan fingerprint density at radius 3 is 2.83 bits per heavy atom. The highest BCUT2D eigenvalue weighted by atomic mass is 16.1. The Morgan fingerprint density at radius 2 is 2.17 bits per heavy atom. The van der Waals surface area contributed by atoms with Crippen LogP contribution in [0.2, 0.25) is 0 Å². The third kappa shape index (κ3) is 5.01. The van der Waals surface area contributed by atoms with Gasteiger partial charge >= 0.3 is 0 Å². The van der Waals surface area contributed by atoms with E-state index < -0.39 is 0 Å². The van der Waals surface area contributed by atoms with Crippen molar-refractivity contribution in [3.63, 3.8) is 0 Å². The van der Waals surface area contributed by atoms with Crippen LogP contribution in [0.15, 0.2) is 24.3 Å². The van der Waals surface area contributed by atoms with Crippen molar-refractivity contribution >= 4 is 5.91 Å². The van der Waals surface area contributed by atoms with Crippen LogP contribution in [0.1, 0.15) is 49.0 Å². The molecule has 0 saturated carbocycles. The summed E-state index contributed by atoms with van der Waals surface area (Å²) in [7, 11) is 0. The zero-order chi connectivity index (χ0) is 13.4. The van der Waals surface area contributed by atoms with Crippen LogP contribution >= 0.6 is 0 Å². The summed E-state index contributed by atoms with van der Waals surface area (Å²) in [6.07, 6.45) is 3.33. The maximum Gasteiger partial charge on any atom is 0.251 e. The van der Waals surface area contributed by atoms with Crippen LogP contribution in [0.4, 0.5) is 0 Å². The van der Waals surface area contributed by atoms with Crippen molar-refractivity contribution in [2.75, 3.05) is 6.54 Å². The second-order valence-electron chi connectivity index (χ2n) is 4.84. The number of unbranched alkanes of at least 4 members (excludes halogenated alkanes) is 1. The van der Waals surface area contributed by atoms with E-state index in [2.05, 4.69) is 19.2 Å². The van der Waals surface area contributed by atoms with Gasteiger partial charge in [-0.05, 0) is 30.5 Å². The lowest BCUT2D eigenvalue weighted by atomic mass is 10.1. The van der Waals surface area contributed by atoms with Gasteiger partial charge in [-0.2, -0.15) is 5.26 Å². The second kappa shape index (κ2) is 7.50. The smallest absolute Gasteiger partial charge is 0.251 e. The third-order valence-corrected chi connectivity index (χ3v) is 2.75. The van der Waals surface area contributed by atoms with Crippen molar-refractivity contribution in [3.8, 4) is 6.07 Å². The van der Waals surface area contributed by atoms with E-state index in [1.54, 1.807) is 24.3 Å². The van der Waals surface area contributed by atoms with E-state index in [1.165, 1.54) is 6.42 Å². The number of hydrogen-bond donors (Lipinski definition) is 1. The molecule has 1 amide bonds. The largest absolute Gasteiger partial charge is 0.352 e. The van der Waals surface area contributed by atoms with Gasteiger partial charge < -0.3 is 5.32 Å². The van der Waals surface area contributed by atoms with Gasteiger partial charge in [0, 0.05) is 12.1 Å². The normalized spacial score (nSPS) is 10.1. The fraction of sp³-hybridized carbons (Fsp3) is 0.467. The molecule has 0 aliphatic carbocycles. The highest BCUT2D eigenvalue weighted by molar-refractivity contribution is 5.94. The maximum atomic E-state index is 11.8. The van der Waals surface area contributed by atoms with Crippen LogP contribution in [0.25, 0.3) is 0 Å². The quantitative estimate of drug-likeness (QED) is 0.782. The average molecular weight is 244 g/mol. The molecule has 0 bridgehead atoms. The summed E-state index contributed by atoms with van der Waals surface area (Å²) in [5.41, 5.74) is 1.07. The lowest BCUT2D eigenvalue weighted by Crippen LogP contribution is -2.24. The second-order valence-corrected chi connectivity index (χ2v) is 4.84. The van der Waals surface area contributed by atoms with Crippen molar-refractivity contribution < 1.29 is 4.79 Å². The summed E-state index contributed by atoms with van der Waals surface area (Å²) in [6, 6.07) is 8.79. The van der Waals surface area contributed by atoms with E-state index in [1.807, 2.05) is 6.07 Å². The minimum absolute atomic E-state index is 0.100. The minimum atomic E-state index is -0.100. The van der Waals surface area contributed by atoms with Crippen LogP contribution in [-0.4, -0.2) is 12.5 Å². The molecule has 0 fully saturated rings. The lowest BCUT2D eigenvalue weighted by Gasteiger charge is -2.06. The molecule has 0 unspecified atom stereocenters. The molecule has 3 nitrogen and oxygen atoms in total. The van der Waals surface area contributed by atoms with Crippen molar-refractivity contribution in [1.82, 2.24) is 5.32 Å². The first-order valence-electron chi connectivity index (χ1n) is 6.42. The van der Waals surface area contributed by atoms with E-state index in [0.717, 1.165) is 12.8 Å². The van der Waals surface area contributed by atoms with Crippen LogP contribution in [0.3, 0.4) is 0 Å². The topological polar surface area (TPSA) is 52.9 Å². The number of carbonyl (C=O) groups excluding carboxylic acids is 1. The van der Waals surface area contributed by atoms with Crippen LogP contribution in [-0.2, 0) is 0 Å². The lowest BCUT2D eigenvalue weighted by molar-refractivity contribution is 0.0953. The number of hydrogen-bond acceptors (Lipinski definition) is 2. The maximum absolute atomic E-state index is 11.8. The minimum Gasteiger partial charge on any atom is -0.352 e. The first-order valence-corrected chi connectivity index (χ1v) is 6.42. The SMILES string of the molecule is CC(C)CCCCNC(=O)c1cccc(C#N)c1. The first kappa shape index (κ1) is 14.2. The number of benzene rings is 1. The zero-order valence-electron chi connectivity index (χ0n) is 11.1. The number of amides is 1. The van der Waals surface area contributed by atoms with Gasteiger partial charge in [0.05, 0.1) is 11.6 Å². The molecule has 1 aromatic rings. The molecule has 0 aromatic heterocycles. The van der Waals surface area contributed by atoms with Crippen molar-refractivity contribution in [1.29, 1.82) is 5.26 Å². The summed E-state index contributed by atoms with van der Waals surface area (Å²) < 4.78 is 0. The van der Waals surface area contributed by atoms with E-state index in [0.29, 0.717) is 23.6 Å². The summed E-state index contributed by atoms with van der Waals surface area (Å²) in [5, 5.41) is 11.6. The molecule has 0 heterocycles. The van der Waals surface area contributed by atoms with Crippen molar-refractivity contribution in [2.24, 2.45) is 5.92 Å². The third-order valence-electron chi connectivity index (χ3n) is 2.75. The first-order chi connectivity index (χ1) is 8.63. The highest BCUT2D eigenvalue weighted by Crippen LogP contribution is 2.06. The average Bonchev–Trinajstić information content (AvgIpc) is 2.37. The molecular formula is C15H20N2O. The summed E-state index contributed by atoms with van der Waals surface area (Å²) in [5.74, 6) is 0.615. The number of nitriles is 1. The van der Waals surface area contributed by atoms with E-state index >= 15 is 0 Å². The monoisotopic (exact) mass is 244 g/mol. The molecule has 1 aromatic carbocycles. The molecular weight excluding hydrogens is 224 g/mol. The molecule has 1 N–H and O–H groups in total. The van der Waals surface area contributed by atoms with Gasteiger partial charge in [-0.1, -0.05) is 32.8 Å². The predicted octanol–water partition coefficient (Wildman–Crippen LogP) is 3.11. The highest BCUT2D eigenvalue weighted by Gasteiger charge is 2.05. The fourth-order valence-corrected chi connectivity index (χ4v) is 1.71. The molecule has 0 spiro atoms. The number of rotatable bonds is 6. The summed E-state index contributed by atoms with van der Waals surface area (Å²) in [4.78, 5) is 11.8. The van der Waals surface area contributed by atoms with Crippen LogP contribution in [0, 0.1) is 17.2 Å². The zero-order valence-corrected chi connectivity index (χ0v) is 11.1. The Hall–Kier alpha value is -1.82. The van der Waals surface area contributed by atoms with Crippen LogP contribution in [0.5, 0.6) is 0 Å². The van der Waals surface area contributed by atoms with Gasteiger partial charge in [0.25, 0.3) is 5.91 Å². The molecule has 96 valence electrons. The molecule has 0 aliphatic rings. The van der Waals surface area contributed by atoms with Gasteiger partial charge in [-0.25, -0.2) is 0 Å². The molecule has 0 aliphatic heterocycles. The molecule has 0 radical (unpaired) electrons. The van der Waals surface area contributed by atoms with Gasteiger partial charge in [0.15, 0.2) is 0 Å². The van der Waals surface area contributed by atoms with Gasteiger partial charge in [0.2, 0.25) is 0 Å². The van der Waals surface area contributed by atoms with Crippen molar-refractivity contribution in [3.05, 3.63) is 35.4 Å². The molecule has 3 heteroatoms. The summed E-state index contributed by atoms with van der Waals surface area (Å²) >= 11 is 0. The van der Waals surface area contributed by atoms with Gasteiger partial charge in [-0.3, -0.25) is 4.79 Å². The van der Waals surface area contributed by atoms with E-state index in [9.17, 15) is 4.79 Å². The van der Waals surface area contributed by atoms with Gasteiger partial charge in [0.1, 0.15) is 0 Å². The van der Waals surface area contributed by atoms with Crippen LogP contribution < -0.4 is 5.32 Å². The number of nitrogens with zero attached hydrogens (tertiary/aromatic N) is 1. The predicted molar refractivity (Wildman–Crippen MR) is 72.2 cm³/mol. The molecule has 1 rings (SSSR count). The number of carbonyl (C=O) groups is 1. The summed E-state index contributed by atoms with van der Waals surface area (Å²) in [6.45, 7) is 5.10. The Labute approximate surface area is 109 Å². The standard InChI is InChI=1S/C15H20N2O/c1-12(2)6-3-4-9-17-15(18)14-8-5-7-13(10-14)11-16/h5,7-8,10,12H,3-4,6,9H2,1-2H3,(H,17,18). The molecule has 18 heavy (non-hydrogen) atoms. The van der Waals surface area contributed by atoms with Crippen molar-refractivity contribution in [2.45, 2.75) is 33.1 Å². The Bertz CT molecular complexity index is 432. The van der Waals surface area contributed by atoms with E-state index in [4.69, 9.17) is 5.26 Å². The number of nitrogens with one attached hydrogen (secondary N) is 1. The fourth-order valence-electron chi connectivity index (χ4n) is 1.71.